The quantitative estimate of drug-likeness (QED) is 0.261. The smallest absolute Gasteiger partial charge is 0.333 e. The Kier molecular flexibility index (Phi) is 6.02. The van der Waals surface area contributed by atoms with Crippen LogP contribution in [0, 0.1) is 24.0 Å². The van der Waals surface area contributed by atoms with Gasteiger partial charge in [-0.1, -0.05) is 24.1 Å². The van der Waals surface area contributed by atoms with Crippen LogP contribution in [0.5, 0.6) is 0 Å². The van der Waals surface area contributed by atoms with Gasteiger partial charge < -0.3 is 15.8 Å². The zero-order chi connectivity index (χ0) is 25.6. The van der Waals surface area contributed by atoms with Gasteiger partial charge in [-0.25, -0.2) is 9.36 Å². The Morgan fingerprint density at radius 3 is 2.78 bits per heavy atom. The van der Waals surface area contributed by atoms with Gasteiger partial charge in [-0.3, -0.25) is 13.9 Å². The van der Waals surface area contributed by atoms with Gasteiger partial charge in [-0.2, -0.15) is 9.71 Å². The normalized spacial score (nSPS) is 15.9. The lowest BCUT2D eigenvalue weighted by Gasteiger charge is -2.31. The van der Waals surface area contributed by atoms with Crippen LogP contribution in [0.25, 0.3) is 21.9 Å². The molecule has 1 aromatic carbocycles. The van der Waals surface area contributed by atoms with E-state index in [1.165, 1.54) is 4.57 Å². The fraction of sp³-hybridized carbons (Fsp3) is 0.385. The number of aryl methyl sites for hydroxylation is 2. The summed E-state index contributed by atoms with van der Waals surface area (Å²) in [5, 5.41) is 14.6. The average Bonchev–Trinajstić information content (AvgIpc) is 3.26. The summed E-state index contributed by atoms with van der Waals surface area (Å²) >= 11 is 0. The lowest BCUT2D eigenvalue weighted by atomic mass is 10.1. The van der Waals surface area contributed by atoms with Crippen molar-refractivity contribution in [3.05, 3.63) is 67.8 Å². The highest BCUT2D eigenvalue weighted by Crippen LogP contribution is 2.23. The number of nitrogens with two attached hydrogens (primary N) is 1. The minimum atomic E-state index is -0.536. The lowest BCUT2D eigenvalue weighted by molar-refractivity contribution is -0.619. The highest BCUT2D eigenvalue weighted by Gasteiger charge is 2.27. The molecule has 0 saturated carbocycles. The molecule has 0 aliphatic carbocycles. The maximum Gasteiger partial charge on any atom is 0.333 e. The third kappa shape index (κ3) is 3.82. The highest BCUT2D eigenvalue weighted by molar-refractivity contribution is 5.84. The Balaban J connectivity index is 1.75. The molecule has 3 aromatic heterocycles. The molecule has 5 rings (SSSR count). The van der Waals surface area contributed by atoms with Crippen LogP contribution in [-0.4, -0.2) is 37.8 Å². The van der Waals surface area contributed by atoms with Crippen molar-refractivity contribution in [2.45, 2.75) is 45.8 Å². The van der Waals surface area contributed by atoms with Gasteiger partial charge in [-0.05, 0) is 31.2 Å². The summed E-state index contributed by atoms with van der Waals surface area (Å²) < 4.78 is 5.04. The molecule has 0 amide bonds. The van der Waals surface area contributed by atoms with Crippen LogP contribution in [0.15, 0.2) is 39.9 Å². The molecule has 1 fully saturated rings. The number of anilines is 1. The zero-order valence-electron chi connectivity index (χ0n) is 20.7. The van der Waals surface area contributed by atoms with Crippen molar-refractivity contribution in [3.63, 3.8) is 0 Å². The minimum absolute atomic E-state index is 0.00634. The van der Waals surface area contributed by atoms with E-state index in [1.54, 1.807) is 31.5 Å². The second-order valence-electron chi connectivity index (χ2n) is 9.29. The number of fused-ring (bicyclic) bond motifs is 2. The Hall–Kier alpha value is -4.10. The monoisotopic (exact) mass is 487 g/mol. The maximum absolute atomic E-state index is 13.9. The Morgan fingerprint density at radius 2 is 2.03 bits per heavy atom. The van der Waals surface area contributed by atoms with E-state index in [4.69, 9.17) is 10.7 Å². The molecule has 0 radical (unpaired) electrons. The third-order valence-electron chi connectivity index (χ3n) is 6.88. The first-order chi connectivity index (χ1) is 17.3. The molecule has 1 aliphatic rings. The first-order valence-electron chi connectivity index (χ1n) is 12.0. The molecule has 186 valence electrons. The summed E-state index contributed by atoms with van der Waals surface area (Å²) in [5.74, 6) is 6.49. The van der Waals surface area contributed by atoms with Crippen molar-refractivity contribution in [2.24, 2.45) is 12.8 Å². The maximum atomic E-state index is 13.9. The second kappa shape index (κ2) is 9.17. The summed E-state index contributed by atoms with van der Waals surface area (Å²) in [6.07, 6.45) is 1.84. The van der Waals surface area contributed by atoms with Crippen molar-refractivity contribution in [3.8, 4) is 11.8 Å². The number of aromatic nitrogens is 5. The van der Waals surface area contributed by atoms with Gasteiger partial charge in [0.25, 0.3) is 5.56 Å². The summed E-state index contributed by atoms with van der Waals surface area (Å²) in [6.45, 7) is 4.89. The summed E-state index contributed by atoms with van der Waals surface area (Å²) in [4.78, 5) is 34.1. The molecule has 0 spiro atoms. The number of hydrogen-bond donors (Lipinski definition) is 1. The number of hydrogen-bond acceptors (Lipinski definition) is 6. The van der Waals surface area contributed by atoms with Crippen LogP contribution in [-0.2, 0) is 20.1 Å². The topological polar surface area (TPSA) is 118 Å². The van der Waals surface area contributed by atoms with Gasteiger partial charge in [0.15, 0.2) is 16.9 Å². The summed E-state index contributed by atoms with van der Waals surface area (Å²) in [5.41, 5.74) is 6.57. The number of rotatable bonds is 4. The van der Waals surface area contributed by atoms with Gasteiger partial charge >= 0.3 is 5.69 Å². The molecule has 0 unspecified atom stereocenters. The molecule has 0 bridgehead atoms. The SMILES string of the molecule is CC#CCn1c(N2CCC[C@@H](N)C2)nc2c1c(=O)n(Cc1c3ccccc3cc(C)[n+]1[O-])c(=O)n2C. The van der Waals surface area contributed by atoms with E-state index >= 15 is 0 Å². The number of imidazole rings is 1. The molecule has 10 heteroatoms. The van der Waals surface area contributed by atoms with Crippen LogP contribution in [0.4, 0.5) is 5.95 Å². The fourth-order valence-electron chi connectivity index (χ4n) is 5.03. The molecule has 4 aromatic rings. The molecule has 4 heterocycles. The molecular formula is C26H29N7O3. The largest absolute Gasteiger partial charge is 0.618 e. The van der Waals surface area contributed by atoms with E-state index in [0.717, 1.165) is 34.1 Å². The van der Waals surface area contributed by atoms with Gasteiger partial charge in [0, 0.05) is 39.2 Å². The van der Waals surface area contributed by atoms with Crippen LogP contribution in [0.3, 0.4) is 0 Å². The number of piperidine rings is 1. The van der Waals surface area contributed by atoms with E-state index in [9.17, 15) is 14.8 Å². The predicted octanol–water partition coefficient (Wildman–Crippen LogP) is 0.991. The van der Waals surface area contributed by atoms with Crippen molar-refractivity contribution in [1.29, 1.82) is 0 Å². The highest BCUT2D eigenvalue weighted by atomic mass is 16.5. The van der Waals surface area contributed by atoms with Crippen LogP contribution in [0.1, 0.15) is 31.2 Å². The van der Waals surface area contributed by atoms with Gasteiger partial charge in [0.2, 0.25) is 11.6 Å². The zero-order valence-corrected chi connectivity index (χ0v) is 20.7. The van der Waals surface area contributed by atoms with Crippen LogP contribution >= 0.6 is 0 Å². The van der Waals surface area contributed by atoms with Crippen molar-refractivity contribution in [1.82, 2.24) is 18.7 Å². The molecule has 1 saturated heterocycles. The van der Waals surface area contributed by atoms with Crippen molar-refractivity contribution >= 4 is 27.9 Å². The third-order valence-corrected chi connectivity index (χ3v) is 6.88. The van der Waals surface area contributed by atoms with E-state index in [2.05, 4.69) is 16.7 Å². The first-order valence-corrected chi connectivity index (χ1v) is 12.0. The van der Waals surface area contributed by atoms with Gasteiger partial charge in [0.05, 0.1) is 11.9 Å². The summed E-state index contributed by atoms with van der Waals surface area (Å²) in [7, 11) is 1.59. The van der Waals surface area contributed by atoms with Crippen molar-refractivity contribution in [2.75, 3.05) is 18.0 Å². The molecule has 1 atom stereocenters. The van der Waals surface area contributed by atoms with E-state index in [-0.39, 0.29) is 30.3 Å². The molecule has 36 heavy (non-hydrogen) atoms. The van der Waals surface area contributed by atoms with E-state index < -0.39 is 11.2 Å². The standard InChI is InChI=1S/C26H29N7O3/c1-4-5-13-31-22-23(28-25(31)30-12-8-10-19(27)15-30)29(3)26(35)32(24(22)34)16-21-20-11-7-6-9-18(20)14-17(2)33(21)36/h6-7,9,11,14,19H,8,10,12-13,15-16,27H2,1-3H3/t19-/m1/s1. The Morgan fingerprint density at radius 1 is 1.25 bits per heavy atom. The average molecular weight is 488 g/mol. The number of pyridine rings is 1. The molecule has 2 N–H and O–H groups in total. The lowest BCUT2D eigenvalue weighted by Crippen LogP contribution is -2.44. The molecule has 10 nitrogen and oxygen atoms in total. The van der Waals surface area contributed by atoms with Crippen molar-refractivity contribution < 1.29 is 4.73 Å². The first kappa shape index (κ1) is 23.6. The molecule has 1 aliphatic heterocycles. The minimum Gasteiger partial charge on any atom is -0.618 e. The van der Waals surface area contributed by atoms with Crippen LogP contribution < -0.4 is 26.6 Å². The van der Waals surface area contributed by atoms with Gasteiger partial charge in [-0.15, -0.1) is 5.92 Å². The van der Waals surface area contributed by atoms with E-state index in [0.29, 0.717) is 29.3 Å². The predicted molar refractivity (Wildman–Crippen MR) is 139 cm³/mol. The Bertz CT molecular complexity index is 1670. The molecular weight excluding hydrogens is 458 g/mol. The number of benzene rings is 1. The fourth-order valence-corrected chi connectivity index (χ4v) is 5.03. The van der Waals surface area contributed by atoms with E-state index in [1.807, 2.05) is 24.3 Å². The summed E-state index contributed by atoms with van der Waals surface area (Å²) in [6, 6.07) is 9.25. The Labute approximate surface area is 207 Å². The second-order valence-corrected chi connectivity index (χ2v) is 9.29. The van der Waals surface area contributed by atoms with Crippen LogP contribution in [0.2, 0.25) is 0 Å². The van der Waals surface area contributed by atoms with Gasteiger partial charge in [0.1, 0.15) is 6.54 Å². The number of nitrogens with zero attached hydrogens (tertiary/aromatic N) is 6.